The monoisotopic (exact) mass is 267 g/mol. The van der Waals surface area contributed by atoms with Crippen LogP contribution in [0.25, 0.3) is 0 Å². The summed E-state index contributed by atoms with van der Waals surface area (Å²) in [7, 11) is 0. The molecule has 0 bridgehead atoms. The largest absolute Gasteiger partial charge is 0.480 e. The van der Waals surface area contributed by atoms with Gasteiger partial charge in [0, 0.05) is 19.2 Å². The van der Waals surface area contributed by atoms with Gasteiger partial charge < -0.3 is 16.2 Å². The van der Waals surface area contributed by atoms with Crippen molar-refractivity contribution < 1.29 is 14.7 Å². The normalized spacial score (nSPS) is 16.1. The van der Waals surface area contributed by atoms with E-state index in [0.29, 0.717) is 18.2 Å². The van der Waals surface area contributed by atoms with E-state index < -0.39 is 12.0 Å². The topological polar surface area (TPSA) is 123 Å². The van der Waals surface area contributed by atoms with E-state index in [9.17, 15) is 9.59 Å². The van der Waals surface area contributed by atoms with Crippen LogP contribution in [0.2, 0.25) is 0 Å². The molecule has 0 radical (unpaired) electrons. The van der Waals surface area contributed by atoms with E-state index >= 15 is 0 Å². The summed E-state index contributed by atoms with van der Waals surface area (Å²) in [6.07, 6.45) is 4.00. The highest BCUT2D eigenvalue weighted by molar-refractivity contribution is 5.75. The number of carboxylic acid groups (broad SMARTS) is 1. The first-order valence-corrected chi connectivity index (χ1v) is 6.18. The molecule has 1 fully saturated rings. The van der Waals surface area contributed by atoms with Crippen LogP contribution in [0.3, 0.4) is 0 Å². The second kappa shape index (κ2) is 5.79. The van der Waals surface area contributed by atoms with Gasteiger partial charge in [0.2, 0.25) is 5.91 Å². The maximum atomic E-state index is 11.6. The van der Waals surface area contributed by atoms with Crippen molar-refractivity contribution in [1.82, 2.24) is 20.3 Å². The van der Waals surface area contributed by atoms with Gasteiger partial charge in [-0.1, -0.05) is 5.21 Å². The highest BCUT2D eigenvalue weighted by atomic mass is 16.4. The maximum Gasteiger partial charge on any atom is 0.320 e. The summed E-state index contributed by atoms with van der Waals surface area (Å²) in [5.74, 6) is -0.577. The van der Waals surface area contributed by atoms with Crippen LogP contribution in [0.1, 0.15) is 18.5 Å². The third-order valence-corrected chi connectivity index (χ3v) is 2.92. The summed E-state index contributed by atoms with van der Waals surface area (Å²) in [5.41, 5.74) is 5.85. The molecule has 1 aromatic heterocycles. The summed E-state index contributed by atoms with van der Waals surface area (Å²) in [6, 6.07) is -1.01. The highest BCUT2D eigenvalue weighted by Crippen LogP contribution is 2.27. The molecule has 19 heavy (non-hydrogen) atoms. The zero-order valence-corrected chi connectivity index (χ0v) is 10.5. The van der Waals surface area contributed by atoms with Crippen molar-refractivity contribution in [2.75, 3.05) is 6.54 Å². The van der Waals surface area contributed by atoms with Gasteiger partial charge in [-0.05, 0) is 18.8 Å². The molecule has 2 rings (SSSR count). The number of carbonyl (C=O) groups excluding carboxylic acids is 1. The van der Waals surface area contributed by atoms with Crippen LogP contribution in [0.15, 0.2) is 6.20 Å². The zero-order chi connectivity index (χ0) is 13.8. The molecule has 1 unspecified atom stereocenters. The number of nitrogens with zero attached hydrogens (tertiary/aromatic N) is 3. The number of carboxylic acids is 1. The molecule has 4 N–H and O–H groups in total. The maximum absolute atomic E-state index is 11.6. The number of rotatable bonds is 7. The predicted molar refractivity (Wildman–Crippen MR) is 65.1 cm³/mol. The number of hydrogen-bond acceptors (Lipinski definition) is 5. The molecule has 1 heterocycles. The van der Waals surface area contributed by atoms with Crippen LogP contribution in [0.4, 0.5) is 0 Å². The molecule has 1 aliphatic rings. The van der Waals surface area contributed by atoms with Crippen molar-refractivity contribution >= 4 is 11.9 Å². The molecular weight excluding hydrogens is 250 g/mol. The molecule has 1 atom stereocenters. The Labute approximate surface area is 110 Å². The molecule has 104 valence electrons. The fourth-order valence-electron chi connectivity index (χ4n) is 1.61. The minimum atomic E-state index is -1.09. The van der Waals surface area contributed by atoms with Crippen molar-refractivity contribution in [3.05, 3.63) is 11.9 Å². The molecular formula is C11H17N5O3. The minimum Gasteiger partial charge on any atom is -0.480 e. The van der Waals surface area contributed by atoms with Crippen LogP contribution >= 0.6 is 0 Å². The fraction of sp³-hybridized carbons (Fsp3) is 0.636. The first-order valence-electron chi connectivity index (χ1n) is 6.18. The van der Waals surface area contributed by atoms with Crippen molar-refractivity contribution in [2.24, 2.45) is 11.7 Å². The average Bonchev–Trinajstić information content (AvgIpc) is 3.09. The quantitative estimate of drug-likeness (QED) is 0.567. The fourth-order valence-corrected chi connectivity index (χ4v) is 1.61. The van der Waals surface area contributed by atoms with Crippen molar-refractivity contribution in [3.63, 3.8) is 0 Å². The van der Waals surface area contributed by atoms with Crippen LogP contribution in [-0.4, -0.2) is 44.6 Å². The van der Waals surface area contributed by atoms with Gasteiger partial charge in [0.05, 0.1) is 5.69 Å². The summed E-state index contributed by atoms with van der Waals surface area (Å²) >= 11 is 0. The molecule has 1 amide bonds. The molecule has 0 spiro atoms. The van der Waals surface area contributed by atoms with Crippen LogP contribution in [-0.2, 0) is 22.6 Å². The standard InChI is InChI=1S/C11H17N5O3/c12-9(11(18)19)3-8-5-16(15-14-8)6-10(17)13-4-7-1-2-7/h5,7,9H,1-4,6,12H2,(H,13,17)(H,18,19). The van der Waals surface area contributed by atoms with Gasteiger partial charge in [0.25, 0.3) is 0 Å². The lowest BCUT2D eigenvalue weighted by molar-refractivity contribution is -0.138. The number of hydrogen-bond donors (Lipinski definition) is 3. The SMILES string of the molecule is NC(Cc1cn(CC(=O)NCC2CC2)nn1)C(=O)O. The molecule has 0 aliphatic heterocycles. The van der Waals surface area contributed by atoms with E-state index in [0.717, 1.165) is 0 Å². The Balaban J connectivity index is 1.79. The van der Waals surface area contributed by atoms with Crippen molar-refractivity contribution in [1.29, 1.82) is 0 Å². The van der Waals surface area contributed by atoms with Crippen LogP contribution in [0.5, 0.6) is 0 Å². The Kier molecular flexibility index (Phi) is 4.10. The first-order chi connectivity index (χ1) is 9.04. The third-order valence-electron chi connectivity index (χ3n) is 2.92. The van der Waals surface area contributed by atoms with Crippen molar-refractivity contribution in [2.45, 2.75) is 31.8 Å². The Morgan fingerprint density at radius 3 is 2.95 bits per heavy atom. The molecule has 1 aliphatic carbocycles. The smallest absolute Gasteiger partial charge is 0.320 e. The van der Waals surface area contributed by atoms with Gasteiger partial charge in [-0.15, -0.1) is 5.10 Å². The van der Waals surface area contributed by atoms with Crippen molar-refractivity contribution in [3.8, 4) is 0 Å². The van der Waals surface area contributed by atoms with E-state index in [1.165, 1.54) is 17.5 Å². The lowest BCUT2D eigenvalue weighted by Gasteiger charge is -2.03. The summed E-state index contributed by atoms with van der Waals surface area (Å²) in [4.78, 5) is 22.2. The number of carbonyl (C=O) groups is 2. The number of amides is 1. The van der Waals surface area contributed by atoms with Gasteiger partial charge in [0.1, 0.15) is 12.6 Å². The van der Waals surface area contributed by atoms with E-state index in [-0.39, 0.29) is 18.9 Å². The summed E-state index contributed by atoms with van der Waals surface area (Å²) in [5, 5.41) is 19.1. The van der Waals surface area contributed by atoms with E-state index in [1.54, 1.807) is 6.20 Å². The van der Waals surface area contributed by atoms with Crippen LogP contribution in [0, 0.1) is 5.92 Å². The Bertz CT molecular complexity index is 469. The Morgan fingerprint density at radius 1 is 1.58 bits per heavy atom. The molecule has 0 saturated heterocycles. The van der Waals surface area contributed by atoms with Gasteiger partial charge >= 0.3 is 5.97 Å². The molecule has 8 heteroatoms. The average molecular weight is 267 g/mol. The molecule has 1 saturated carbocycles. The zero-order valence-electron chi connectivity index (χ0n) is 10.5. The first kappa shape index (κ1) is 13.5. The molecule has 1 aromatic rings. The van der Waals surface area contributed by atoms with Gasteiger partial charge in [-0.2, -0.15) is 0 Å². The van der Waals surface area contributed by atoms with Gasteiger partial charge in [-0.25, -0.2) is 4.68 Å². The second-order valence-corrected chi connectivity index (χ2v) is 4.80. The minimum absolute atomic E-state index is 0.0853. The van der Waals surface area contributed by atoms with Gasteiger partial charge in [0.15, 0.2) is 0 Å². The molecule has 8 nitrogen and oxygen atoms in total. The third kappa shape index (κ3) is 4.32. The number of nitrogens with two attached hydrogens (primary N) is 1. The van der Waals surface area contributed by atoms with Gasteiger partial charge in [-0.3, -0.25) is 9.59 Å². The predicted octanol–water partition coefficient (Wildman–Crippen LogP) is -1.24. The summed E-state index contributed by atoms with van der Waals surface area (Å²) in [6.45, 7) is 0.798. The Morgan fingerprint density at radius 2 is 2.32 bits per heavy atom. The number of aliphatic carboxylic acids is 1. The number of aromatic nitrogens is 3. The molecule has 0 aromatic carbocycles. The highest BCUT2D eigenvalue weighted by Gasteiger charge is 2.21. The summed E-state index contributed by atoms with van der Waals surface area (Å²) < 4.78 is 1.38. The van der Waals surface area contributed by atoms with E-state index in [2.05, 4.69) is 15.6 Å². The lowest BCUT2D eigenvalue weighted by atomic mass is 10.2. The Hall–Kier alpha value is -1.96. The second-order valence-electron chi connectivity index (χ2n) is 4.80. The number of nitrogens with one attached hydrogen (secondary N) is 1. The lowest BCUT2D eigenvalue weighted by Crippen LogP contribution is -2.32. The van der Waals surface area contributed by atoms with Crippen LogP contribution < -0.4 is 11.1 Å². The van der Waals surface area contributed by atoms with E-state index in [4.69, 9.17) is 10.8 Å². The van der Waals surface area contributed by atoms with E-state index in [1.807, 2.05) is 0 Å².